The van der Waals surface area contributed by atoms with E-state index in [9.17, 15) is 32.4 Å². The number of fused-ring (bicyclic) bond motifs is 5. The number of hydrogen-bond acceptors (Lipinski definition) is 14. The van der Waals surface area contributed by atoms with Crippen molar-refractivity contribution >= 4 is 50.9 Å². The van der Waals surface area contributed by atoms with E-state index >= 15 is 0 Å². The van der Waals surface area contributed by atoms with Gasteiger partial charge in [-0.2, -0.15) is 10.2 Å². The van der Waals surface area contributed by atoms with Gasteiger partial charge in [0.1, 0.15) is 36.5 Å². The van der Waals surface area contributed by atoms with Crippen LogP contribution < -0.4 is 32.0 Å². The number of rotatable bonds is 28. The van der Waals surface area contributed by atoms with Crippen molar-refractivity contribution in [1.82, 2.24) is 10.2 Å². The van der Waals surface area contributed by atoms with Gasteiger partial charge in [-0.05, 0) is 67.6 Å². The van der Waals surface area contributed by atoms with Gasteiger partial charge < -0.3 is 36.9 Å². The monoisotopic (exact) mass is 950 g/mol. The Labute approximate surface area is 397 Å². The second-order valence-corrected chi connectivity index (χ2v) is 20.3. The molecule has 7 N–H and O–H groups in total. The Kier molecular flexibility index (Phi) is 22.8. The van der Waals surface area contributed by atoms with Crippen LogP contribution in [-0.4, -0.2) is 112 Å². The van der Waals surface area contributed by atoms with Crippen molar-refractivity contribution in [1.29, 1.82) is 0 Å². The number of nitrogens with one attached hydrogen (secondary N) is 1. The van der Waals surface area contributed by atoms with Crippen LogP contribution in [0.15, 0.2) is 46.6 Å². The number of ether oxygens (including phenoxy) is 2. The van der Waals surface area contributed by atoms with Gasteiger partial charge in [-0.25, -0.2) is 8.42 Å². The van der Waals surface area contributed by atoms with Crippen LogP contribution in [0.3, 0.4) is 0 Å². The highest BCUT2D eigenvalue weighted by atomic mass is 32.2. The van der Waals surface area contributed by atoms with Crippen molar-refractivity contribution in [2.24, 2.45) is 45.2 Å². The average Bonchev–Trinajstić information content (AvgIpc) is 3.85. The molecule has 16 nitrogen and oxygen atoms in total. The Hall–Kier alpha value is -4.84. The summed E-state index contributed by atoms with van der Waals surface area (Å²) in [5, 5.41) is 10.6. The number of unbranched alkanes of at least 4 members (excludes halogenated alkanes) is 8. The SMILES string of the molecule is CCCCCCCCCCS(=O)(=O)C[C@@H](CCCCN)C(=O)N(C)[C@@H]1C(=O)C[C@@H](C)C(=O)N[C@H](C(=O)C[C@@H](C)C(=O)C2=NN=CC2)Cc2ccc(OCCN)c(c2)-c2cc1ccc2OCCN. The van der Waals surface area contributed by atoms with Gasteiger partial charge >= 0.3 is 0 Å². The lowest BCUT2D eigenvalue weighted by Gasteiger charge is -2.32. The number of ketones is 3. The summed E-state index contributed by atoms with van der Waals surface area (Å²) in [7, 11) is -2.17. The minimum atomic E-state index is -3.66. The molecule has 2 aromatic carbocycles. The molecule has 4 rings (SSSR count). The molecule has 5 atom stereocenters. The number of amides is 2. The van der Waals surface area contributed by atoms with Crippen molar-refractivity contribution in [3.05, 3.63) is 47.5 Å². The van der Waals surface area contributed by atoms with E-state index in [1.807, 2.05) is 6.07 Å². The second kappa shape index (κ2) is 27.8. The van der Waals surface area contributed by atoms with E-state index in [1.165, 1.54) is 31.0 Å². The first-order valence-corrected chi connectivity index (χ1v) is 26.0. The summed E-state index contributed by atoms with van der Waals surface area (Å²) in [5.74, 6) is -4.48. The fourth-order valence-electron chi connectivity index (χ4n) is 8.68. The van der Waals surface area contributed by atoms with Crippen LogP contribution in [0.25, 0.3) is 11.1 Å². The molecule has 0 saturated heterocycles. The molecule has 0 saturated carbocycles. The van der Waals surface area contributed by atoms with Crippen LogP contribution in [0.2, 0.25) is 0 Å². The lowest BCUT2D eigenvalue weighted by molar-refractivity contribution is -0.142. The fourth-order valence-corrected chi connectivity index (χ4v) is 10.4. The maximum Gasteiger partial charge on any atom is 0.227 e. The molecule has 0 aromatic heterocycles. The third kappa shape index (κ3) is 16.7. The highest BCUT2D eigenvalue weighted by Crippen LogP contribution is 2.41. The first kappa shape index (κ1) is 54.8. The van der Waals surface area contributed by atoms with Crippen molar-refractivity contribution in [2.45, 2.75) is 129 Å². The molecule has 2 amide bonds. The first-order chi connectivity index (χ1) is 32.1. The van der Waals surface area contributed by atoms with Gasteiger partial charge in [0.15, 0.2) is 27.2 Å². The molecule has 17 heteroatoms. The topological polar surface area (TPSA) is 256 Å². The van der Waals surface area contributed by atoms with Crippen LogP contribution >= 0.6 is 0 Å². The Bertz CT molecular complexity index is 2160. The molecule has 2 heterocycles. The van der Waals surface area contributed by atoms with Gasteiger partial charge in [-0.15, -0.1) is 0 Å². The van der Waals surface area contributed by atoms with Crippen LogP contribution in [0, 0.1) is 17.8 Å². The van der Waals surface area contributed by atoms with E-state index in [-0.39, 0.29) is 87.2 Å². The number of hydrogen-bond donors (Lipinski definition) is 4. The second-order valence-electron chi connectivity index (χ2n) is 18.1. The standard InChI is InChI=1S/C50H75N7O9S/c1-5-6-7-8-9-10-11-14-27-67(63,64)33-38(15-12-13-21-51)50(62)57(4)47-37-17-19-46(66-26-23-53)40(32-37)39-30-36(16-18-45(39)65-25-22-52)31-42(55-49(61)35(3)29-44(47)59)43(58)28-34(2)48(60)41-20-24-54-56-41/h16-19,24,30,32,34-35,38,42,47H,5-15,20-23,25-29,31,33,51-53H2,1-4H3,(H,55,61)/t34-,35-,38-,42+,47+/m1/s1. The summed E-state index contributed by atoms with van der Waals surface area (Å²) in [6.45, 7) is 6.48. The lowest BCUT2D eigenvalue weighted by atomic mass is 9.88. The largest absolute Gasteiger partial charge is 0.492 e. The first-order valence-electron chi connectivity index (χ1n) is 24.2. The maximum atomic E-state index is 14.8. The average molecular weight is 950 g/mol. The van der Waals surface area contributed by atoms with Crippen molar-refractivity contribution in [3.63, 3.8) is 0 Å². The highest BCUT2D eigenvalue weighted by Gasteiger charge is 2.37. The predicted molar refractivity (Wildman–Crippen MR) is 263 cm³/mol. The summed E-state index contributed by atoms with van der Waals surface area (Å²) in [6.07, 6.45) is 10.7. The molecule has 0 aliphatic carbocycles. The van der Waals surface area contributed by atoms with E-state index in [2.05, 4.69) is 22.4 Å². The summed E-state index contributed by atoms with van der Waals surface area (Å²) >= 11 is 0. The summed E-state index contributed by atoms with van der Waals surface area (Å²) < 4.78 is 39.7. The van der Waals surface area contributed by atoms with Gasteiger partial charge in [0.05, 0.1) is 23.5 Å². The fraction of sp³-hybridized carbons (Fsp3) is 0.620. The van der Waals surface area contributed by atoms with Crippen molar-refractivity contribution in [2.75, 3.05) is 51.4 Å². The van der Waals surface area contributed by atoms with E-state index in [0.29, 0.717) is 59.6 Å². The number of Topliss-reactive ketones (excluding diaryl/α,β-unsaturated/α-hetero) is 3. The van der Waals surface area contributed by atoms with Crippen LogP contribution in [0.1, 0.15) is 128 Å². The molecular weight excluding hydrogens is 875 g/mol. The molecule has 0 radical (unpaired) electrons. The molecular formula is C50H75N7O9S. The van der Waals surface area contributed by atoms with Gasteiger partial charge in [-0.1, -0.05) is 84.3 Å². The Morgan fingerprint density at radius 3 is 2.12 bits per heavy atom. The van der Waals surface area contributed by atoms with Gasteiger partial charge in [0.25, 0.3) is 0 Å². The van der Waals surface area contributed by atoms with Gasteiger partial charge in [0, 0.05) is 68.6 Å². The number of nitrogens with zero attached hydrogens (tertiary/aromatic N) is 3. The number of nitrogens with two attached hydrogens (primary N) is 3. The Balaban J connectivity index is 1.77. The molecule has 0 unspecified atom stereocenters. The Morgan fingerprint density at radius 1 is 0.851 bits per heavy atom. The number of likely N-dealkylation sites (N-methyl/N-ethyl adjacent to an activating group) is 1. The number of benzene rings is 2. The molecule has 2 aliphatic rings. The third-order valence-corrected chi connectivity index (χ3v) is 14.3. The molecule has 0 spiro atoms. The maximum absolute atomic E-state index is 14.8. The predicted octanol–water partition coefficient (Wildman–Crippen LogP) is 5.46. The molecule has 2 aromatic rings. The molecule has 0 fully saturated rings. The summed E-state index contributed by atoms with van der Waals surface area (Å²) in [6, 6.07) is 8.11. The van der Waals surface area contributed by atoms with Gasteiger partial charge in [0.2, 0.25) is 11.8 Å². The van der Waals surface area contributed by atoms with E-state index < -0.39 is 57.3 Å². The van der Waals surface area contributed by atoms with Crippen LogP contribution in [-0.2, 0) is 40.2 Å². The van der Waals surface area contributed by atoms with Gasteiger partial charge in [-0.3, -0.25) is 24.0 Å². The number of carbonyl (C=O) groups excluding carboxylic acids is 5. The zero-order valence-electron chi connectivity index (χ0n) is 40.1. The van der Waals surface area contributed by atoms with Crippen molar-refractivity contribution < 1.29 is 41.9 Å². The quantitative estimate of drug-likeness (QED) is 0.0776. The van der Waals surface area contributed by atoms with Crippen molar-refractivity contribution in [3.8, 4) is 22.6 Å². The minimum absolute atomic E-state index is 0.0362. The molecule has 67 heavy (non-hydrogen) atoms. The number of sulfone groups is 1. The summed E-state index contributed by atoms with van der Waals surface area (Å²) in [5.41, 5.74) is 19.9. The molecule has 2 aliphatic heterocycles. The molecule has 370 valence electrons. The van der Waals surface area contributed by atoms with Crippen LogP contribution in [0.4, 0.5) is 0 Å². The molecule has 4 bridgehead atoms. The lowest BCUT2D eigenvalue weighted by Crippen LogP contribution is -2.46. The minimum Gasteiger partial charge on any atom is -0.492 e. The third-order valence-electron chi connectivity index (χ3n) is 12.4. The van der Waals surface area contributed by atoms with E-state index in [0.717, 1.165) is 32.1 Å². The van der Waals surface area contributed by atoms with E-state index in [1.54, 1.807) is 44.2 Å². The summed E-state index contributed by atoms with van der Waals surface area (Å²) in [4.78, 5) is 72.3. The number of carbonyl (C=O) groups is 5. The normalized spacial score (nSPS) is 18.4. The van der Waals surface area contributed by atoms with E-state index in [4.69, 9.17) is 26.7 Å². The zero-order valence-corrected chi connectivity index (χ0v) is 41.0. The smallest absolute Gasteiger partial charge is 0.227 e. The van der Waals surface area contributed by atoms with Crippen LogP contribution in [0.5, 0.6) is 11.5 Å². The Morgan fingerprint density at radius 2 is 1.49 bits per heavy atom. The zero-order chi connectivity index (χ0) is 48.9. The highest BCUT2D eigenvalue weighted by molar-refractivity contribution is 7.91.